The maximum atomic E-state index is 12.4. The fourth-order valence-electron chi connectivity index (χ4n) is 2.89. The SMILES string of the molecule is CCOc1cc(/C=C/C(=O)NNC(=O)C2CCCCC2)ccc1OC(F)F. The first-order chi connectivity index (χ1) is 13.0. The van der Waals surface area contributed by atoms with Crippen LogP contribution in [-0.4, -0.2) is 25.0 Å². The zero-order valence-electron chi connectivity index (χ0n) is 15.2. The highest BCUT2D eigenvalue weighted by molar-refractivity contribution is 5.93. The molecule has 1 aliphatic rings. The Kier molecular flexibility index (Phi) is 8.03. The van der Waals surface area contributed by atoms with Gasteiger partial charge in [-0.15, -0.1) is 0 Å². The molecule has 6 nitrogen and oxygen atoms in total. The Hall–Kier alpha value is -2.64. The highest BCUT2D eigenvalue weighted by atomic mass is 19.3. The average molecular weight is 382 g/mol. The van der Waals surface area contributed by atoms with Crippen molar-refractivity contribution in [3.63, 3.8) is 0 Å². The van der Waals surface area contributed by atoms with Crippen molar-refractivity contribution in [1.82, 2.24) is 10.9 Å². The molecule has 0 radical (unpaired) electrons. The van der Waals surface area contributed by atoms with Crippen LogP contribution in [0.15, 0.2) is 24.3 Å². The highest BCUT2D eigenvalue weighted by Gasteiger charge is 2.21. The summed E-state index contributed by atoms with van der Waals surface area (Å²) in [5.74, 6) is -0.646. The van der Waals surface area contributed by atoms with E-state index < -0.39 is 12.5 Å². The van der Waals surface area contributed by atoms with Gasteiger partial charge in [0, 0.05) is 12.0 Å². The molecule has 1 aliphatic carbocycles. The minimum Gasteiger partial charge on any atom is -0.490 e. The normalized spacial score (nSPS) is 15.0. The van der Waals surface area contributed by atoms with Crippen LogP contribution in [0, 0.1) is 5.92 Å². The number of benzene rings is 1. The number of ether oxygens (including phenoxy) is 2. The summed E-state index contributed by atoms with van der Waals surface area (Å²) in [6.45, 7) is -0.957. The second kappa shape index (κ2) is 10.5. The predicted molar refractivity (Wildman–Crippen MR) is 96.1 cm³/mol. The zero-order valence-corrected chi connectivity index (χ0v) is 15.2. The Bertz CT molecular complexity index is 674. The van der Waals surface area contributed by atoms with Crippen LogP contribution in [0.4, 0.5) is 8.78 Å². The molecule has 2 rings (SSSR count). The lowest BCUT2D eigenvalue weighted by Crippen LogP contribution is -2.44. The van der Waals surface area contributed by atoms with Gasteiger partial charge >= 0.3 is 6.61 Å². The van der Waals surface area contributed by atoms with E-state index in [0.717, 1.165) is 32.1 Å². The summed E-state index contributed by atoms with van der Waals surface area (Å²) >= 11 is 0. The van der Waals surface area contributed by atoms with E-state index in [2.05, 4.69) is 15.6 Å². The van der Waals surface area contributed by atoms with Crippen molar-refractivity contribution in [3.05, 3.63) is 29.8 Å². The molecule has 148 valence electrons. The van der Waals surface area contributed by atoms with Crippen LogP contribution >= 0.6 is 0 Å². The molecule has 2 N–H and O–H groups in total. The summed E-state index contributed by atoms with van der Waals surface area (Å²) in [5, 5.41) is 0. The second-order valence-corrected chi connectivity index (χ2v) is 6.16. The molecule has 0 atom stereocenters. The highest BCUT2D eigenvalue weighted by Crippen LogP contribution is 2.30. The number of amides is 2. The predicted octanol–water partition coefficient (Wildman–Crippen LogP) is 3.43. The molecule has 0 unspecified atom stereocenters. The van der Waals surface area contributed by atoms with Gasteiger partial charge in [-0.2, -0.15) is 8.78 Å². The fraction of sp³-hybridized carbons (Fsp3) is 0.474. The molecule has 0 heterocycles. The first-order valence-corrected chi connectivity index (χ1v) is 8.99. The summed E-state index contributed by atoms with van der Waals surface area (Å²) in [7, 11) is 0. The average Bonchev–Trinajstić information content (AvgIpc) is 2.66. The summed E-state index contributed by atoms with van der Waals surface area (Å²) in [4.78, 5) is 23.8. The Morgan fingerprint density at radius 2 is 1.93 bits per heavy atom. The van der Waals surface area contributed by atoms with Crippen molar-refractivity contribution in [2.75, 3.05) is 6.61 Å². The molecular weight excluding hydrogens is 358 g/mol. The van der Waals surface area contributed by atoms with Crippen LogP contribution in [-0.2, 0) is 9.59 Å². The van der Waals surface area contributed by atoms with Crippen LogP contribution < -0.4 is 20.3 Å². The van der Waals surface area contributed by atoms with Gasteiger partial charge in [0.15, 0.2) is 11.5 Å². The fourth-order valence-corrected chi connectivity index (χ4v) is 2.89. The number of hydrazine groups is 1. The van der Waals surface area contributed by atoms with Gasteiger partial charge in [0.1, 0.15) is 0 Å². The first-order valence-electron chi connectivity index (χ1n) is 8.99. The second-order valence-electron chi connectivity index (χ2n) is 6.16. The third-order valence-corrected chi connectivity index (χ3v) is 4.20. The third-order valence-electron chi connectivity index (χ3n) is 4.20. The smallest absolute Gasteiger partial charge is 0.387 e. The van der Waals surface area contributed by atoms with Gasteiger partial charge in [0.05, 0.1) is 6.61 Å². The van der Waals surface area contributed by atoms with E-state index in [1.807, 2.05) is 0 Å². The maximum absolute atomic E-state index is 12.4. The monoisotopic (exact) mass is 382 g/mol. The lowest BCUT2D eigenvalue weighted by Gasteiger charge is -2.20. The molecule has 0 bridgehead atoms. The summed E-state index contributed by atoms with van der Waals surface area (Å²) in [6.07, 6.45) is 7.59. The van der Waals surface area contributed by atoms with Gasteiger partial charge < -0.3 is 9.47 Å². The van der Waals surface area contributed by atoms with Gasteiger partial charge in [-0.3, -0.25) is 20.4 Å². The van der Waals surface area contributed by atoms with Gasteiger partial charge in [-0.05, 0) is 43.5 Å². The van der Waals surface area contributed by atoms with E-state index in [1.165, 1.54) is 30.4 Å². The molecule has 0 spiro atoms. The molecule has 8 heteroatoms. The molecule has 0 aliphatic heterocycles. The van der Waals surface area contributed by atoms with E-state index in [-0.39, 0.29) is 29.9 Å². The molecule has 27 heavy (non-hydrogen) atoms. The quantitative estimate of drug-likeness (QED) is 0.560. The van der Waals surface area contributed by atoms with Crippen molar-refractivity contribution in [2.24, 2.45) is 5.92 Å². The van der Waals surface area contributed by atoms with E-state index in [4.69, 9.17) is 4.74 Å². The lowest BCUT2D eigenvalue weighted by molar-refractivity contribution is -0.130. The van der Waals surface area contributed by atoms with Crippen molar-refractivity contribution in [2.45, 2.75) is 45.6 Å². The molecule has 0 saturated heterocycles. The van der Waals surface area contributed by atoms with Crippen molar-refractivity contribution >= 4 is 17.9 Å². The van der Waals surface area contributed by atoms with Gasteiger partial charge in [0.2, 0.25) is 5.91 Å². The van der Waals surface area contributed by atoms with Crippen LogP contribution in [0.25, 0.3) is 6.08 Å². The molecule has 0 aromatic heterocycles. The maximum Gasteiger partial charge on any atom is 0.387 e. The zero-order chi connectivity index (χ0) is 19.6. The molecule has 1 saturated carbocycles. The molecule has 2 amide bonds. The number of hydrogen-bond donors (Lipinski definition) is 2. The number of carbonyl (C=O) groups excluding carboxylic acids is 2. The Balaban J connectivity index is 1.90. The van der Waals surface area contributed by atoms with Crippen LogP contribution in [0.3, 0.4) is 0 Å². The minimum atomic E-state index is -2.95. The van der Waals surface area contributed by atoms with Crippen LogP contribution in [0.1, 0.15) is 44.6 Å². The van der Waals surface area contributed by atoms with Crippen LogP contribution in [0.2, 0.25) is 0 Å². The minimum absolute atomic E-state index is 0.0563. The van der Waals surface area contributed by atoms with Crippen molar-refractivity contribution < 1.29 is 27.8 Å². The van der Waals surface area contributed by atoms with Crippen LogP contribution in [0.5, 0.6) is 11.5 Å². The van der Waals surface area contributed by atoms with E-state index >= 15 is 0 Å². The topological polar surface area (TPSA) is 76.7 Å². The molecule has 1 fully saturated rings. The first kappa shape index (κ1) is 20.7. The Labute approximate surface area is 156 Å². The van der Waals surface area contributed by atoms with Crippen molar-refractivity contribution in [1.29, 1.82) is 0 Å². The number of nitrogens with one attached hydrogen (secondary N) is 2. The third kappa shape index (κ3) is 6.88. The number of halogens is 2. The van der Waals surface area contributed by atoms with E-state index in [0.29, 0.717) is 5.56 Å². The lowest BCUT2D eigenvalue weighted by atomic mass is 9.89. The van der Waals surface area contributed by atoms with Crippen molar-refractivity contribution in [3.8, 4) is 11.5 Å². The van der Waals surface area contributed by atoms with Gasteiger partial charge in [0.25, 0.3) is 5.91 Å². The number of rotatable bonds is 7. The Morgan fingerprint density at radius 1 is 1.19 bits per heavy atom. The van der Waals surface area contributed by atoms with Gasteiger partial charge in [-0.25, -0.2) is 0 Å². The molecule has 1 aromatic rings. The number of hydrogen-bond acceptors (Lipinski definition) is 4. The van der Waals surface area contributed by atoms with E-state index in [9.17, 15) is 18.4 Å². The Morgan fingerprint density at radius 3 is 2.59 bits per heavy atom. The summed E-state index contributed by atoms with van der Waals surface area (Å²) in [6, 6.07) is 4.36. The molecule has 1 aromatic carbocycles. The van der Waals surface area contributed by atoms with Gasteiger partial charge in [-0.1, -0.05) is 25.3 Å². The van der Waals surface area contributed by atoms with E-state index in [1.54, 1.807) is 6.92 Å². The summed E-state index contributed by atoms with van der Waals surface area (Å²) < 4.78 is 34.5. The largest absolute Gasteiger partial charge is 0.490 e. The standard InChI is InChI=1S/C19H24F2N2O4/c1-2-26-16-12-13(8-10-15(16)27-19(20)21)9-11-17(24)22-23-18(25)14-6-4-3-5-7-14/h8-12,14,19H,2-7H2,1H3,(H,22,24)(H,23,25)/b11-9+. The summed E-state index contributed by atoms with van der Waals surface area (Å²) in [5.41, 5.74) is 5.34. The molecular formula is C19H24F2N2O4. The number of alkyl halides is 2. The number of carbonyl (C=O) groups is 2.